The first-order chi connectivity index (χ1) is 7.58. The average Bonchev–Trinajstić information content (AvgIpc) is 2.57. The second-order valence-electron chi connectivity index (χ2n) is 2.88. The third kappa shape index (κ3) is 1.79. The lowest BCUT2D eigenvalue weighted by Gasteiger charge is -1.96. The van der Waals surface area contributed by atoms with Gasteiger partial charge in [0.25, 0.3) is 5.91 Å². The van der Waals surface area contributed by atoms with Crippen molar-refractivity contribution < 1.29 is 22.7 Å². The van der Waals surface area contributed by atoms with E-state index in [1.54, 1.807) is 0 Å². The Balaban J connectivity index is 2.52. The van der Waals surface area contributed by atoms with Gasteiger partial charge in [0.15, 0.2) is 5.58 Å². The highest BCUT2D eigenvalue weighted by Crippen LogP contribution is 2.24. The summed E-state index contributed by atoms with van der Waals surface area (Å²) in [5.41, 5.74) is 5.40. The van der Waals surface area contributed by atoms with E-state index in [0.717, 1.165) is 0 Å². The molecule has 84 valence electrons. The lowest BCUT2D eigenvalue weighted by molar-refractivity contribution is -0.0664. The van der Waals surface area contributed by atoms with Crippen molar-refractivity contribution in [2.75, 3.05) is 0 Å². The summed E-state index contributed by atoms with van der Waals surface area (Å²) in [5, 5.41) is 0. The van der Waals surface area contributed by atoms with Crippen molar-refractivity contribution in [2.45, 2.75) is 6.61 Å². The molecule has 2 rings (SSSR count). The van der Waals surface area contributed by atoms with Gasteiger partial charge in [-0.05, 0) is 12.1 Å². The molecule has 0 fully saturated rings. The number of carbonyl (C=O) groups is 1. The summed E-state index contributed by atoms with van der Waals surface area (Å²) < 4.78 is 32.6. The predicted molar refractivity (Wildman–Crippen MR) is 49.2 cm³/mol. The van der Waals surface area contributed by atoms with E-state index in [1.807, 2.05) is 0 Å². The predicted octanol–water partition coefficient (Wildman–Crippen LogP) is 1.53. The second-order valence-corrected chi connectivity index (χ2v) is 2.88. The van der Waals surface area contributed by atoms with Crippen molar-refractivity contribution in [1.82, 2.24) is 4.98 Å². The van der Waals surface area contributed by atoms with Gasteiger partial charge in [0, 0.05) is 0 Å². The summed E-state index contributed by atoms with van der Waals surface area (Å²) in [5.74, 6) is -0.731. The van der Waals surface area contributed by atoms with Crippen LogP contribution in [0.15, 0.2) is 22.6 Å². The van der Waals surface area contributed by atoms with Crippen molar-refractivity contribution in [3.63, 3.8) is 0 Å². The number of rotatable bonds is 3. The molecule has 0 atom stereocenters. The number of fused-ring (bicyclic) bond motifs is 1. The van der Waals surface area contributed by atoms with Crippen LogP contribution in [-0.4, -0.2) is 17.5 Å². The summed E-state index contributed by atoms with van der Waals surface area (Å²) in [6, 6.07) is 4.41. The van der Waals surface area contributed by atoms with Crippen molar-refractivity contribution in [2.24, 2.45) is 5.73 Å². The number of carbonyl (C=O) groups excluding carboxylic acids is 1. The fraction of sp³-hybridized carbons (Fsp3) is 0.111. The maximum atomic E-state index is 11.9. The Bertz CT molecular complexity index is 539. The zero-order valence-electron chi connectivity index (χ0n) is 7.81. The molecule has 1 heterocycles. The molecule has 0 aliphatic carbocycles. The van der Waals surface area contributed by atoms with Gasteiger partial charge in [-0.3, -0.25) is 4.79 Å². The Morgan fingerprint density at radius 3 is 2.88 bits per heavy atom. The third-order valence-corrected chi connectivity index (χ3v) is 1.85. The number of primary amides is 1. The van der Waals surface area contributed by atoms with Crippen molar-refractivity contribution >= 4 is 17.0 Å². The minimum atomic E-state index is -3.04. The monoisotopic (exact) mass is 228 g/mol. The third-order valence-electron chi connectivity index (χ3n) is 1.85. The molecule has 0 unspecified atom stereocenters. The minimum absolute atomic E-state index is 0.0330. The molecule has 0 aliphatic rings. The van der Waals surface area contributed by atoms with E-state index in [4.69, 9.17) is 10.2 Å². The van der Waals surface area contributed by atoms with Crippen LogP contribution in [0.4, 0.5) is 8.78 Å². The molecular weight excluding hydrogens is 222 g/mol. The number of benzene rings is 1. The molecular formula is C9H6F2N2O3. The number of hydrogen-bond acceptors (Lipinski definition) is 4. The van der Waals surface area contributed by atoms with Crippen LogP contribution < -0.4 is 10.5 Å². The van der Waals surface area contributed by atoms with E-state index in [9.17, 15) is 13.6 Å². The van der Waals surface area contributed by atoms with Crippen LogP contribution in [0.3, 0.4) is 0 Å². The summed E-state index contributed by atoms with van der Waals surface area (Å²) in [7, 11) is 0. The van der Waals surface area contributed by atoms with E-state index in [2.05, 4.69) is 9.72 Å². The van der Waals surface area contributed by atoms with Gasteiger partial charge in [0.2, 0.25) is 0 Å². The number of alkyl halides is 2. The Kier molecular flexibility index (Phi) is 2.43. The fourth-order valence-corrected chi connectivity index (χ4v) is 1.25. The van der Waals surface area contributed by atoms with Crippen molar-refractivity contribution in [1.29, 1.82) is 0 Å². The molecule has 0 radical (unpaired) electrons. The van der Waals surface area contributed by atoms with E-state index in [-0.39, 0.29) is 16.7 Å². The number of halogens is 2. The summed E-state index contributed by atoms with van der Waals surface area (Å²) in [6.07, 6.45) is -0.598. The molecule has 0 aliphatic heterocycles. The smallest absolute Gasteiger partial charge is 0.399 e. The van der Waals surface area contributed by atoms with Gasteiger partial charge in [-0.25, -0.2) is 0 Å². The molecule has 0 saturated heterocycles. The zero-order chi connectivity index (χ0) is 11.7. The summed E-state index contributed by atoms with van der Waals surface area (Å²) in [6.45, 7) is -3.04. The molecule has 2 N–H and O–H groups in total. The number of amides is 1. The molecule has 0 spiro atoms. The topological polar surface area (TPSA) is 78.4 Å². The average molecular weight is 228 g/mol. The van der Waals surface area contributed by atoms with Crippen LogP contribution in [-0.2, 0) is 0 Å². The number of nitrogens with zero attached hydrogens (tertiary/aromatic N) is 1. The molecule has 5 nitrogen and oxygen atoms in total. The van der Waals surface area contributed by atoms with E-state index in [0.29, 0.717) is 0 Å². The second kappa shape index (κ2) is 3.76. The number of oxazole rings is 1. The van der Waals surface area contributed by atoms with Crippen molar-refractivity contribution in [3.05, 3.63) is 23.8 Å². The first-order valence-corrected chi connectivity index (χ1v) is 4.22. The summed E-state index contributed by atoms with van der Waals surface area (Å²) >= 11 is 0. The highest BCUT2D eigenvalue weighted by atomic mass is 19.3. The maximum Gasteiger partial charge on any atom is 0.399 e. The normalized spacial score (nSPS) is 10.9. The van der Waals surface area contributed by atoms with E-state index in [1.165, 1.54) is 18.2 Å². The fourth-order valence-electron chi connectivity index (χ4n) is 1.25. The Morgan fingerprint density at radius 2 is 2.25 bits per heavy atom. The van der Waals surface area contributed by atoms with Crippen molar-refractivity contribution in [3.8, 4) is 6.08 Å². The van der Waals surface area contributed by atoms with Gasteiger partial charge < -0.3 is 14.9 Å². The van der Waals surface area contributed by atoms with Crippen LogP contribution >= 0.6 is 0 Å². The van der Waals surface area contributed by atoms with Gasteiger partial charge in [0.1, 0.15) is 5.52 Å². The molecule has 0 bridgehead atoms. The van der Waals surface area contributed by atoms with Crippen LogP contribution in [0, 0.1) is 0 Å². The van der Waals surface area contributed by atoms with Gasteiger partial charge >= 0.3 is 12.7 Å². The van der Waals surface area contributed by atoms with Gasteiger partial charge in [-0.1, -0.05) is 6.07 Å². The largest absolute Gasteiger partial charge is 0.408 e. The lowest BCUT2D eigenvalue weighted by atomic mass is 10.2. The quantitative estimate of drug-likeness (QED) is 0.863. The number of ether oxygens (including phenoxy) is 1. The maximum absolute atomic E-state index is 11.9. The molecule has 7 heteroatoms. The minimum Gasteiger partial charge on any atom is -0.408 e. The Hall–Kier alpha value is -2.18. The number of hydrogen-bond donors (Lipinski definition) is 1. The van der Waals surface area contributed by atoms with Gasteiger partial charge in [0.05, 0.1) is 5.56 Å². The van der Waals surface area contributed by atoms with Crippen LogP contribution in [0.2, 0.25) is 0 Å². The first-order valence-electron chi connectivity index (χ1n) is 4.22. The first kappa shape index (κ1) is 10.3. The number of aromatic nitrogens is 1. The molecule has 1 amide bonds. The highest BCUT2D eigenvalue weighted by Gasteiger charge is 2.16. The highest BCUT2D eigenvalue weighted by molar-refractivity contribution is 6.03. The molecule has 16 heavy (non-hydrogen) atoms. The molecule has 1 aromatic carbocycles. The Labute approximate surface area is 87.8 Å². The SMILES string of the molecule is NC(=O)c1cccc2nc(OC(F)F)oc12. The van der Waals surface area contributed by atoms with E-state index < -0.39 is 18.6 Å². The number of nitrogens with two attached hydrogens (primary N) is 1. The standard InChI is InChI=1S/C9H6F2N2O3/c10-8(11)16-9-13-5-3-1-2-4(7(12)14)6(5)15-9/h1-3,8H,(H2,12,14). The van der Waals surface area contributed by atoms with Gasteiger partial charge in [-0.15, -0.1) is 0 Å². The number of para-hydroxylation sites is 1. The molecule has 2 aromatic rings. The lowest BCUT2D eigenvalue weighted by Crippen LogP contribution is -2.10. The zero-order valence-corrected chi connectivity index (χ0v) is 7.81. The van der Waals surface area contributed by atoms with Gasteiger partial charge in [-0.2, -0.15) is 13.8 Å². The Morgan fingerprint density at radius 1 is 1.50 bits per heavy atom. The van der Waals surface area contributed by atoms with E-state index >= 15 is 0 Å². The van der Waals surface area contributed by atoms with Crippen LogP contribution in [0.5, 0.6) is 6.08 Å². The van der Waals surface area contributed by atoms with Crippen LogP contribution in [0.25, 0.3) is 11.1 Å². The molecule has 1 aromatic heterocycles. The summed E-state index contributed by atoms with van der Waals surface area (Å²) in [4.78, 5) is 14.6. The van der Waals surface area contributed by atoms with Crippen LogP contribution in [0.1, 0.15) is 10.4 Å². The molecule has 0 saturated carbocycles.